The molecule has 2 amide bonds. The first-order chi connectivity index (χ1) is 13.3. The van der Waals surface area contributed by atoms with Crippen LogP contribution < -0.4 is 5.73 Å². The molecule has 6 nitrogen and oxygen atoms in total. The Labute approximate surface area is 182 Å². The molecule has 2 saturated carbocycles. The van der Waals surface area contributed by atoms with Gasteiger partial charge in [0.1, 0.15) is 5.54 Å². The predicted molar refractivity (Wildman–Crippen MR) is 117 cm³/mol. The molecule has 7 heteroatoms. The summed E-state index contributed by atoms with van der Waals surface area (Å²) in [5.41, 5.74) is 5.32. The lowest BCUT2D eigenvalue weighted by atomic mass is 9.54. The number of nitrogens with zero attached hydrogens (tertiary/aromatic N) is 2. The van der Waals surface area contributed by atoms with Crippen molar-refractivity contribution in [1.82, 2.24) is 9.80 Å². The van der Waals surface area contributed by atoms with Gasteiger partial charge in [-0.05, 0) is 19.3 Å². The molecule has 1 saturated heterocycles. The van der Waals surface area contributed by atoms with E-state index in [1.807, 2.05) is 30.6 Å². The molecule has 3 aliphatic rings. The minimum absolute atomic E-state index is 0. The monoisotopic (exact) mass is 429 g/mol. The number of hydrogen-bond acceptors (Lipinski definition) is 4. The van der Waals surface area contributed by atoms with Crippen molar-refractivity contribution in [2.45, 2.75) is 83.8 Å². The number of rotatable bonds is 6. The number of carbonyl (C=O) groups excluding carboxylic acids is 2. The lowest BCUT2D eigenvalue weighted by Gasteiger charge is -2.59. The molecule has 0 aromatic rings. The van der Waals surface area contributed by atoms with Gasteiger partial charge in [-0.15, -0.1) is 12.4 Å². The van der Waals surface area contributed by atoms with Gasteiger partial charge in [-0.25, -0.2) is 0 Å². The zero-order chi connectivity index (χ0) is 20.4. The smallest absolute Gasteiger partial charge is 0.243 e. The summed E-state index contributed by atoms with van der Waals surface area (Å²) in [6.07, 6.45) is 8.85. The first kappa shape index (κ1) is 24.4. The summed E-state index contributed by atoms with van der Waals surface area (Å²) in [5.74, 6) is 1.00. The van der Waals surface area contributed by atoms with Gasteiger partial charge in [0, 0.05) is 51.0 Å². The molecule has 0 radical (unpaired) electrons. The number of hydrogen-bond donors (Lipinski definition) is 1. The van der Waals surface area contributed by atoms with Crippen LogP contribution in [0.3, 0.4) is 0 Å². The number of halogens is 1. The molecule has 2 N–H and O–H groups in total. The van der Waals surface area contributed by atoms with Gasteiger partial charge in [0.25, 0.3) is 0 Å². The molecule has 0 bridgehead atoms. The van der Waals surface area contributed by atoms with E-state index >= 15 is 0 Å². The van der Waals surface area contributed by atoms with E-state index in [0.717, 1.165) is 12.3 Å². The molecule has 2 unspecified atom stereocenters. The van der Waals surface area contributed by atoms with Crippen molar-refractivity contribution < 1.29 is 14.3 Å². The normalized spacial score (nSPS) is 29.7. The quantitative estimate of drug-likeness (QED) is 0.704. The lowest BCUT2D eigenvalue weighted by Crippen LogP contribution is -2.76. The molecule has 0 aromatic carbocycles. The number of carbonyl (C=O) groups is 2. The Morgan fingerprint density at radius 2 is 1.62 bits per heavy atom. The Morgan fingerprint density at radius 1 is 1.03 bits per heavy atom. The molecule has 3 fully saturated rings. The second-order valence-electron chi connectivity index (χ2n) is 9.56. The van der Waals surface area contributed by atoms with Crippen LogP contribution in [0.15, 0.2) is 0 Å². The van der Waals surface area contributed by atoms with Crippen molar-refractivity contribution in [3.63, 3.8) is 0 Å². The highest BCUT2D eigenvalue weighted by Gasteiger charge is 2.63. The fourth-order valence-corrected chi connectivity index (χ4v) is 5.20. The standard InChI is InChI=1S/C22H39N3O3.ClH/c1-4-28-18-16-22(23,21(18,2)3)20(27)25-14-12-24(13-15-25)19(26)11-10-17-8-6-5-7-9-17;/h17-18H,4-16,23H2,1-3H3;1H. The summed E-state index contributed by atoms with van der Waals surface area (Å²) in [5, 5.41) is 0. The van der Waals surface area contributed by atoms with Crippen molar-refractivity contribution in [3.8, 4) is 0 Å². The average molecular weight is 430 g/mol. The summed E-state index contributed by atoms with van der Waals surface area (Å²) < 4.78 is 5.75. The van der Waals surface area contributed by atoms with Crippen molar-refractivity contribution in [3.05, 3.63) is 0 Å². The fourth-order valence-electron chi connectivity index (χ4n) is 5.20. The van der Waals surface area contributed by atoms with Crippen LogP contribution in [0.25, 0.3) is 0 Å². The Kier molecular flexibility index (Phi) is 8.40. The van der Waals surface area contributed by atoms with Crippen molar-refractivity contribution in [2.75, 3.05) is 32.8 Å². The minimum Gasteiger partial charge on any atom is -0.378 e. The summed E-state index contributed by atoms with van der Waals surface area (Å²) in [7, 11) is 0. The summed E-state index contributed by atoms with van der Waals surface area (Å²) in [4.78, 5) is 29.5. The zero-order valence-corrected chi connectivity index (χ0v) is 19.3. The fraction of sp³-hybridized carbons (Fsp3) is 0.909. The van der Waals surface area contributed by atoms with Gasteiger partial charge in [0.05, 0.1) is 6.10 Å². The molecule has 2 aliphatic carbocycles. The van der Waals surface area contributed by atoms with Crippen molar-refractivity contribution in [1.29, 1.82) is 0 Å². The van der Waals surface area contributed by atoms with E-state index in [1.165, 1.54) is 32.1 Å². The van der Waals surface area contributed by atoms with Crippen LogP contribution in [0.1, 0.15) is 72.1 Å². The maximum atomic E-state index is 13.1. The Balaban J connectivity index is 0.00000300. The van der Waals surface area contributed by atoms with E-state index in [4.69, 9.17) is 10.5 Å². The maximum absolute atomic E-state index is 13.1. The Bertz CT molecular complexity index is 572. The van der Waals surface area contributed by atoms with Gasteiger partial charge in [-0.1, -0.05) is 46.0 Å². The summed E-state index contributed by atoms with van der Waals surface area (Å²) in [6.45, 7) is 9.09. The molecule has 3 rings (SSSR count). The molecule has 2 atom stereocenters. The molecular weight excluding hydrogens is 390 g/mol. The van der Waals surface area contributed by atoms with Gasteiger partial charge in [-0.3, -0.25) is 9.59 Å². The van der Waals surface area contributed by atoms with E-state index in [0.29, 0.717) is 45.6 Å². The molecule has 29 heavy (non-hydrogen) atoms. The molecule has 0 spiro atoms. The first-order valence-corrected chi connectivity index (χ1v) is 11.3. The first-order valence-electron chi connectivity index (χ1n) is 11.3. The summed E-state index contributed by atoms with van der Waals surface area (Å²) in [6, 6.07) is 0. The number of piperazine rings is 1. The number of amides is 2. The Hall–Kier alpha value is -0.850. The minimum atomic E-state index is -0.861. The highest BCUT2D eigenvalue weighted by molar-refractivity contribution is 5.89. The van der Waals surface area contributed by atoms with E-state index in [1.54, 1.807) is 0 Å². The predicted octanol–water partition coefficient (Wildman–Crippen LogP) is 2.97. The number of ether oxygens (including phenoxy) is 1. The van der Waals surface area contributed by atoms with E-state index in [9.17, 15) is 9.59 Å². The SMILES string of the molecule is CCOC1CC(N)(C(=O)N2CCN(C(=O)CCC3CCCCC3)CC2)C1(C)C.Cl. The third-order valence-corrected chi connectivity index (χ3v) is 7.62. The molecular formula is C22H40ClN3O3. The van der Waals surface area contributed by atoms with E-state index < -0.39 is 5.54 Å². The van der Waals surface area contributed by atoms with Gasteiger partial charge in [0.15, 0.2) is 0 Å². The van der Waals surface area contributed by atoms with Gasteiger partial charge >= 0.3 is 0 Å². The summed E-state index contributed by atoms with van der Waals surface area (Å²) >= 11 is 0. The highest BCUT2D eigenvalue weighted by Crippen LogP contribution is 2.50. The lowest BCUT2D eigenvalue weighted by molar-refractivity contribution is -0.180. The third-order valence-electron chi connectivity index (χ3n) is 7.62. The second-order valence-corrected chi connectivity index (χ2v) is 9.56. The third kappa shape index (κ3) is 4.91. The average Bonchev–Trinajstić information content (AvgIpc) is 2.72. The van der Waals surface area contributed by atoms with E-state index in [2.05, 4.69) is 0 Å². The Morgan fingerprint density at radius 3 is 2.17 bits per heavy atom. The number of nitrogens with two attached hydrogens (primary N) is 1. The van der Waals surface area contributed by atoms with Gasteiger partial charge < -0.3 is 20.3 Å². The van der Waals surface area contributed by atoms with Crippen LogP contribution in [-0.4, -0.2) is 66.0 Å². The van der Waals surface area contributed by atoms with Crippen LogP contribution in [-0.2, 0) is 14.3 Å². The topological polar surface area (TPSA) is 75.9 Å². The van der Waals surface area contributed by atoms with Gasteiger partial charge in [0.2, 0.25) is 11.8 Å². The van der Waals surface area contributed by atoms with Gasteiger partial charge in [-0.2, -0.15) is 0 Å². The molecule has 1 aliphatic heterocycles. The maximum Gasteiger partial charge on any atom is 0.243 e. The largest absolute Gasteiger partial charge is 0.378 e. The van der Waals surface area contributed by atoms with Crippen LogP contribution in [0, 0.1) is 11.3 Å². The molecule has 0 aromatic heterocycles. The van der Waals surface area contributed by atoms with Crippen LogP contribution >= 0.6 is 12.4 Å². The van der Waals surface area contributed by atoms with Crippen LogP contribution in [0.2, 0.25) is 0 Å². The van der Waals surface area contributed by atoms with Crippen molar-refractivity contribution >= 4 is 24.2 Å². The highest BCUT2D eigenvalue weighted by atomic mass is 35.5. The van der Waals surface area contributed by atoms with Crippen LogP contribution in [0.5, 0.6) is 0 Å². The second kappa shape index (κ2) is 9.97. The van der Waals surface area contributed by atoms with Crippen molar-refractivity contribution in [2.24, 2.45) is 17.1 Å². The van der Waals surface area contributed by atoms with E-state index in [-0.39, 0.29) is 35.7 Å². The van der Waals surface area contributed by atoms with Crippen LogP contribution in [0.4, 0.5) is 0 Å². The molecule has 1 heterocycles. The molecule has 168 valence electrons. The zero-order valence-electron chi connectivity index (χ0n) is 18.5.